The number of nitrogens with two attached hydrogens (primary N) is 4. The van der Waals surface area contributed by atoms with Crippen LogP contribution in [0.2, 0.25) is 0 Å². The standard InChI is InChI=1S/C10H13NO3.C9H11NO4.C9H10O3.C8H11NO.C8H8O4.C7H9NO2/c1-5-3-4-7(6(2)9(5)12)8(11)10(13)14;1-4-2-5(7(10)9(13)14)3-6(11)8(4)12;1-5-3-4-7(9(11)12)6(2)8(5)10;1-5-3-4-7(9)6(2)8(5)10;1-5-2-6(12-4-9)3-7(10)8(5)11;1-4-2-5(8)3-6(9)7(4)10/h3-4,8,12H,11H2,1-2H3,(H,13,14);2-3,7,11-12H,10H2,1H3,(H,13,14);3-4,10H,1-2H3,(H,11,12);3-4,10H,9H2,1-2H3;2-4,10-11H,1H3;2-3,9-10H,8H2,1H3. The summed E-state index contributed by atoms with van der Waals surface area (Å²) in [6, 6.07) is 15.8. The van der Waals surface area contributed by atoms with Crippen LogP contribution < -0.4 is 27.7 Å². The normalized spacial score (nSPS) is 10.8. The maximum absolute atomic E-state index is 10.6. The minimum absolute atomic E-state index is 0.0647. The first-order chi connectivity index (χ1) is 33.3. The van der Waals surface area contributed by atoms with Crippen molar-refractivity contribution in [1.82, 2.24) is 0 Å². The highest BCUT2D eigenvalue weighted by atomic mass is 16.5. The van der Waals surface area contributed by atoms with E-state index in [-0.39, 0.29) is 69.3 Å². The van der Waals surface area contributed by atoms with Crippen LogP contribution in [0, 0.1) is 62.3 Å². The molecule has 0 spiro atoms. The Balaban J connectivity index is 0.000000434. The zero-order valence-corrected chi connectivity index (χ0v) is 40.9. The third kappa shape index (κ3) is 17.2. The Labute approximate surface area is 414 Å². The van der Waals surface area contributed by atoms with Gasteiger partial charge in [0.2, 0.25) is 0 Å². The lowest BCUT2D eigenvalue weighted by molar-refractivity contribution is -0.139. The van der Waals surface area contributed by atoms with Crippen LogP contribution in [0.15, 0.2) is 72.8 Å². The molecule has 6 aromatic carbocycles. The summed E-state index contributed by atoms with van der Waals surface area (Å²) in [5, 5.41) is 109. The van der Waals surface area contributed by atoms with E-state index in [1.807, 2.05) is 6.92 Å². The smallest absolute Gasteiger partial charge is 0.336 e. The van der Waals surface area contributed by atoms with E-state index in [9.17, 15) is 44.7 Å². The van der Waals surface area contributed by atoms with Crippen LogP contribution >= 0.6 is 0 Å². The number of carbonyl (C=O) groups is 4. The van der Waals surface area contributed by atoms with E-state index in [1.54, 1.807) is 91.8 Å². The van der Waals surface area contributed by atoms with Crippen molar-refractivity contribution in [1.29, 1.82) is 0 Å². The number of aryl methyl sites for hydroxylation is 6. The third-order valence-electron chi connectivity index (χ3n) is 10.5. The van der Waals surface area contributed by atoms with Gasteiger partial charge in [0.1, 0.15) is 35.1 Å². The molecule has 72 heavy (non-hydrogen) atoms. The summed E-state index contributed by atoms with van der Waals surface area (Å²) >= 11 is 0. The molecule has 0 radical (unpaired) electrons. The van der Waals surface area contributed by atoms with Crippen LogP contribution in [0.3, 0.4) is 0 Å². The topological polar surface area (TPSA) is 424 Å². The van der Waals surface area contributed by atoms with Crippen molar-refractivity contribution in [2.45, 2.75) is 74.4 Å². The summed E-state index contributed by atoms with van der Waals surface area (Å²) in [6.07, 6.45) is 0. The van der Waals surface area contributed by atoms with Gasteiger partial charge >= 0.3 is 17.9 Å². The highest BCUT2D eigenvalue weighted by Gasteiger charge is 2.19. The second kappa shape index (κ2) is 27.2. The van der Waals surface area contributed by atoms with Gasteiger partial charge in [-0.25, -0.2) is 4.79 Å². The van der Waals surface area contributed by atoms with Crippen LogP contribution in [-0.2, 0) is 14.4 Å². The predicted molar refractivity (Wildman–Crippen MR) is 268 cm³/mol. The SMILES string of the molecule is Cc1cc(C(N)C(=O)O)cc(O)c1O.Cc1cc(N)cc(O)c1O.Cc1cc(OC=O)cc(O)c1O.Cc1ccc(C(=O)O)c(C)c1O.Cc1ccc(C(N)C(=O)O)c(C)c1O.Cc1ccc(N)c(C)c1O. The average Bonchev–Trinajstić information content (AvgIpc) is 3.31. The Morgan fingerprint density at radius 2 is 0.889 bits per heavy atom. The van der Waals surface area contributed by atoms with Gasteiger partial charge in [-0.05, 0) is 149 Å². The molecule has 0 fully saturated rings. The number of phenols is 9. The number of hydrogen-bond donors (Lipinski definition) is 16. The molecule has 0 aliphatic heterocycles. The van der Waals surface area contributed by atoms with Crippen molar-refractivity contribution in [3.05, 3.63) is 140 Å². The first kappa shape index (κ1) is 60.9. The number of nitrogen functional groups attached to an aromatic ring is 2. The molecule has 0 aromatic heterocycles. The lowest BCUT2D eigenvalue weighted by Crippen LogP contribution is -2.21. The molecule has 21 heteroatoms. The molecule has 0 bridgehead atoms. The Bertz CT molecular complexity index is 2810. The second-order valence-corrected chi connectivity index (χ2v) is 16.0. The zero-order valence-electron chi connectivity index (χ0n) is 40.9. The van der Waals surface area contributed by atoms with Gasteiger partial charge in [0, 0.05) is 34.6 Å². The number of carboxylic acids is 3. The molecule has 0 aliphatic rings. The summed E-state index contributed by atoms with van der Waals surface area (Å²) in [4.78, 5) is 41.7. The van der Waals surface area contributed by atoms with Gasteiger partial charge < -0.3 is 88.9 Å². The highest BCUT2D eigenvalue weighted by molar-refractivity contribution is 5.90. The van der Waals surface area contributed by atoms with Gasteiger partial charge in [-0.2, -0.15) is 0 Å². The molecule has 6 rings (SSSR count). The monoisotopic (exact) mass is 1000 g/mol. The summed E-state index contributed by atoms with van der Waals surface area (Å²) in [5.41, 5.74) is 29.0. The van der Waals surface area contributed by atoms with Crippen LogP contribution in [-0.4, -0.2) is 85.7 Å². The van der Waals surface area contributed by atoms with Crippen molar-refractivity contribution in [2.75, 3.05) is 11.5 Å². The number of aromatic carboxylic acids is 1. The molecular weight excluding hydrogens is 941 g/mol. The number of anilines is 2. The molecule has 0 heterocycles. The van der Waals surface area contributed by atoms with Gasteiger partial charge in [0.25, 0.3) is 6.47 Å². The van der Waals surface area contributed by atoms with Gasteiger partial charge in [0.05, 0.1) is 5.56 Å². The number of carboxylic acid groups (broad SMARTS) is 3. The average molecular weight is 1000 g/mol. The lowest BCUT2D eigenvalue weighted by atomic mass is 9.99. The largest absolute Gasteiger partial charge is 0.507 e. The van der Waals surface area contributed by atoms with Gasteiger partial charge in [-0.1, -0.05) is 24.3 Å². The Kier molecular flexibility index (Phi) is 23.0. The first-order valence-corrected chi connectivity index (χ1v) is 21.1. The van der Waals surface area contributed by atoms with E-state index in [0.29, 0.717) is 61.6 Å². The Morgan fingerprint density at radius 1 is 0.472 bits per heavy atom. The number of aromatic hydroxyl groups is 9. The fourth-order valence-corrected chi connectivity index (χ4v) is 5.99. The molecule has 6 aromatic rings. The highest BCUT2D eigenvalue weighted by Crippen LogP contribution is 2.34. The second-order valence-electron chi connectivity index (χ2n) is 16.0. The molecule has 0 amide bonds. The number of benzene rings is 6. The minimum Gasteiger partial charge on any atom is -0.507 e. The molecule has 0 saturated heterocycles. The number of rotatable bonds is 7. The molecule has 2 atom stereocenters. The predicted octanol–water partition coefficient (Wildman–Crippen LogP) is 6.81. The van der Waals surface area contributed by atoms with E-state index >= 15 is 0 Å². The summed E-state index contributed by atoms with van der Waals surface area (Å²) in [6.45, 7) is 15.4. The van der Waals surface area contributed by atoms with Crippen LogP contribution in [0.5, 0.6) is 57.5 Å². The van der Waals surface area contributed by atoms with Gasteiger partial charge in [0.15, 0.2) is 34.5 Å². The first-order valence-electron chi connectivity index (χ1n) is 21.1. The van der Waals surface area contributed by atoms with E-state index in [1.165, 1.54) is 24.3 Å². The fraction of sp³-hybridized carbons (Fsp3) is 0.216. The maximum atomic E-state index is 10.6. The molecule has 20 N–H and O–H groups in total. The number of hydrogen-bond acceptors (Lipinski definition) is 18. The summed E-state index contributed by atoms with van der Waals surface area (Å²) in [7, 11) is 0. The Morgan fingerprint density at radius 3 is 1.32 bits per heavy atom. The molecule has 0 saturated carbocycles. The molecule has 388 valence electrons. The van der Waals surface area contributed by atoms with E-state index in [4.69, 9.17) is 58.7 Å². The van der Waals surface area contributed by atoms with Gasteiger partial charge in [-0.3, -0.25) is 14.4 Å². The van der Waals surface area contributed by atoms with Crippen LogP contribution in [0.4, 0.5) is 11.4 Å². The van der Waals surface area contributed by atoms with Crippen molar-refractivity contribution < 1.29 is 85.2 Å². The zero-order chi connectivity index (χ0) is 55.6. The third-order valence-corrected chi connectivity index (χ3v) is 10.5. The number of aliphatic carboxylic acids is 2. The number of carbonyl (C=O) groups excluding carboxylic acids is 1. The van der Waals surface area contributed by atoms with Crippen molar-refractivity contribution in [2.24, 2.45) is 11.5 Å². The van der Waals surface area contributed by atoms with Crippen molar-refractivity contribution >= 4 is 35.8 Å². The fourth-order valence-electron chi connectivity index (χ4n) is 5.99. The lowest BCUT2D eigenvalue weighted by Gasteiger charge is -2.12. The number of ether oxygens (including phenoxy) is 1. The van der Waals surface area contributed by atoms with E-state index < -0.39 is 30.0 Å². The van der Waals surface area contributed by atoms with Crippen molar-refractivity contribution in [3.63, 3.8) is 0 Å². The minimum atomic E-state index is -1.19. The summed E-state index contributed by atoms with van der Waals surface area (Å²) in [5.74, 6) is -4.00. The van der Waals surface area contributed by atoms with Crippen LogP contribution in [0.25, 0.3) is 0 Å². The van der Waals surface area contributed by atoms with Crippen molar-refractivity contribution in [3.8, 4) is 57.5 Å². The number of phenolic OH excluding ortho intramolecular Hbond substituents is 9. The van der Waals surface area contributed by atoms with E-state index in [2.05, 4.69) is 4.74 Å². The molecule has 2 unspecified atom stereocenters. The molecule has 21 nitrogen and oxygen atoms in total. The summed E-state index contributed by atoms with van der Waals surface area (Å²) < 4.78 is 4.47. The maximum Gasteiger partial charge on any atom is 0.336 e. The van der Waals surface area contributed by atoms with Crippen LogP contribution in [0.1, 0.15) is 83.6 Å². The quantitative estimate of drug-likeness (QED) is 0.0338. The Hall–Kier alpha value is -9.08. The van der Waals surface area contributed by atoms with E-state index in [0.717, 1.165) is 23.3 Å². The van der Waals surface area contributed by atoms with Gasteiger partial charge in [-0.15, -0.1) is 0 Å². The molecule has 0 aliphatic carbocycles. The molecular formula is C51H62N4O17.